The number of esters is 1. The minimum atomic E-state index is -3.44. The lowest BCUT2D eigenvalue weighted by Crippen LogP contribution is -2.34. The summed E-state index contributed by atoms with van der Waals surface area (Å²) in [5.74, 6) is -1.03. The predicted octanol–water partition coefficient (Wildman–Crippen LogP) is 2.60. The second-order valence-electron chi connectivity index (χ2n) is 6.22. The third kappa shape index (κ3) is 5.65. The van der Waals surface area contributed by atoms with Gasteiger partial charge in [0.2, 0.25) is 0 Å². The van der Waals surface area contributed by atoms with Gasteiger partial charge in [-0.25, -0.2) is 13.2 Å². The SMILES string of the molecule is CCN(Cc1ccccc1)C(=O)COC(=O)c1cc(S(C)(=O)=O)ccc1C. The molecule has 0 saturated carbocycles. The van der Waals surface area contributed by atoms with E-state index in [-0.39, 0.29) is 16.4 Å². The van der Waals surface area contributed by atoms with Crippen molar-refractivity contribution in [3.8, 4) is 0 Å². The number of nitrogens with zero attached hydrogens (tertiary/aromatic N) is 1. The van der Waals surface area contributed by atoms with Crippen LogP contribution in [0, 0.1) is 6.92 Å². The molecule has 144 valence electrons. The maximum Gasteiger partial charge on any atom is 0.338 e. The molecule has 1 amide bonds. The van der Waals surface area contributed by atoms with E-state index in [0.717, 1.165) is 11.8 Å². The average Bonchev–Trinajstić information content (AvgIpc) is 2.64. The van der Waals surface area contributed by atoms with E-state index < -0.39 is 22.4 Å². The minimum Gasteiger partial charge on any atom is -0.452 e. The van der Waals surface area contributed by atoms with Crippen LogP contribution in [0.15, 0.2) is 53.4 Å². The van der Waals surface area contributed by atoms with Gasteiger partial charge in [-0.3, -0.25) is 4.79 Å². The summed E-state index contributed by atoms with van der Waals surface area (Å²) in [6.07, 6.45) is 1.07. The Morgan fingerprint density at radius 2 is 1.74 bits per heavy atom. The lowest BCUT2D eigenvalue weighted by Gasteiger charge is -2.21. The molecule has 7 heteroatoms. The van der Waals surface area contributed by atoms with E-state index in [1.807, 2.05) is 37.3 Å². The van der Waals surface area contributed by atoms with Crippen molar-refractivity contribution < 1.29 is 22.7 Å². The molecule has 0 heterocycles. The summed E-state index contributed by atoms with van der Waals surface area (Å²) >= 11 is 0. The molecule has 2 aromatic carbocycles. The van der Waals surface area contributed by atoms with Crippen LogP contribution in [0.1, 0.15) is 28.4 Å². The van der Waals surface area contributed by atoms with Gasteiger partial charge in [-0.1, -0.05) is 36.4 Å². The minimum absolute atomic E-state index is 0.0330. The molecule has 27 heavy (non-hydrogen) atoms. The Morgan fingerprint density at radius 1 is 1.07 bits per heavy atom. The Hall–Kier alpha value is -2.67. The summed E-state index contributed by atoms with van der Waals surface area (Å²) < 4.78 is 28.5. The Bertz CT molecular complexity index is 923. The zero-order valence-electron chi connectivity index (χ0n) is 15.6. The van der Waals surface area contributed by atoms with E-state index in [1.54, 1.807) is 17.9 Å². The van der Waals surface area contributed by atoms with Crippen LogP contribution in [-0.4, -0.2) is 44.6 Å². The van der Waals surface area contributed by atoms with E-state index in [1.165, 1.54) is 12.1 Å². The molecule has 2 aromatic rings. The van der Waals surface area contributed by atoms with E-state index in [0.29, 0.717) is 18.7 Å². The summed E-state index contributed by atoms with van der Waals surface area (Å²) in [7, 11) is -3.44. The number of carbonyl (C=O) groups is 2. The van der Waals surface area contributed by atoms with Gasteiger partial charge >= 0.3 is 5.97 Å². The quantitative estimate of drug-likeness (QED) is 0.680. The smallest absolute Gasteiger partial charge is 0.338 e. The molecule has 0 aliphatic rings. The first-order valence-electron chi connectivity index (χ1n) is 8.52. The van der Waals surface area contributed by atoms with Crippen LogP contribution in [-0.2, 0) is 25.9 Å². The maximum absolute atomic E-state index is 12.4. The van der Waals surface area contributed by atoms with Gasteiger partial charge in [-0.15, -0.1) is 0 Å². The lowest BCUT2D eigenvalue weighted by atomic mass is 10.1. The Labute approximate surface area is 159 Å². The molecule has 0 fully saturated rings. The average molecular weight is 389 g/mol. The molecule has 6 nitrogen and oxygen atoms in total. The summed E-state index contributed by atoms with van der Waals surface area (Å²) in [6, 6.07) is 13.8. The van der Waals surface area contributed by atoms with Gasteiger partial charge in [0.25, 0.3) is 5.91 Å². The van der Waals surface area contributed by atoms with E-state index in [9.17, 15) is 18.0 Å². The zero-order chi connectivity index (χ0) is 20.0. The van der Waals surface area contributed by atoms with Crippen LogP contribution in [0.3, 0.4) is 0 Å². The van der Waals surface area contributed by atoms with E-state index >= 15 is 0 Å². The van der Waals surface area contributed by atoms with Crippen molar-refractivity contribution in [2.45, 2.75) is 25.3 Å². The van der Waals surface area contributed by atoms with Gasteiger partial charge in [-0.2, -0.15) is 0 Å². The molecule has 0 atom stereocenters. The molecule has 0 bridgehead atoms. The zero-order valence-corrected chi connectivity index (χ0v) is 16.5. The molecular weight excluding hydrogens is 366 g/mol. The highest BCUT2D eigenvalue weighted by atomic mass is 32.2. The molecule has 0 spiro atoms. The number of ether oxygens (including phenoxy) is 1. The topological polar surface area (TPSA) is 80.8 Å². The number of hydrogen-bond acceptors (Lipinski definition) is 5. The van der Waals surface area contributed by atoms with Crippen molar-refractivity contribution in [2.24, 2.45) is 0 Å². The molecule has 0 aromatic heterocycles. The van der Waals surface area contributed by atoms with Gasteiger partial charge in [0.05, 0.1) is 10.5 Å². The van der Waals surface area contributed by atoms with Crippen LogP contribution in [0.5, 0.6) is 0 Å². The highest BCUT2D eigenvalue weighted by Gasteiger charge is 2.19. The molecule has 0 N–H and O–H groups in total. The number of aryl methyl sites for hydroxylation is 1. The van der Waals surface area contributed by atoms with Crippen LogP contribution < -0.4 is 0 Å². The first-order chi connectivity index (χ1) is 12.7. The van der Waals surface area contributed by atoms with Crippen LogP contribution in [0.25, 0.3) is 0 Å². The fourth-order valence-electron chi connectivity index (χ4n) is 2.53. The van der Waals surface area contributed by atoms with Gasteiger partial charge in [-0.05, 0) is 37.1 Å². The number of benzene rings is 2. The Balaban J connectivity index is 2.05. The number of likely N-dealkylation sites (N-methyl/N-ethyl adjacent to an activating group) is 1. The number of rotatable bonds is 7. The molecule has 0 radical (unpaired) electrons. The van der Waals surface area contributed by atoms with E-state index in [4.69, 9.17) is 4.74 Å². The third-order valence-corrected chi connectivity index (χ3v) is 5.24. The number of amides is 1. The first kappa shape index (κ1) is 20.6. The Morgan fingerprint density at radius 3 is 2.33 bits per heavy atom. The molecule has 0 aliphatic carbocycles. The largest absolute Gasteiger partial charge is 0.452 e. The normalized spacial score (nSPS) is 11.1. The van der Waals surface area contributed by atoms with Crippen LogP contribution in [0.4, 0.5) is 0 Å². The molecule has 0 unspecified atom stereocenters. The van der Waals surface area contributed by atoms with Crippen molar-refractivity contribution in [3.63, 3.8) is 0 Å². The second-order valence-corrected chi connectivity index (χ2v) is 8.23. The van der Waals surface area contributed by atoms with Crippen molar-refractivity contribution in [1.82, 2.24) is 4.90 Å². The highest BCUT2D eigenvalue weighted by molar-refractivity contribution is 7.90. The molecule has 2 rings (SSSR count). The standard InChI is InChI=1S/C20H23NO5S/c1-4-21(13-16-8-6-5-7-9-16)19(22)14-26-20(23)18-12-17(27(3,24)25)11-10-15(18)2/h5-12H,4,13-14H2,1-3H3. The summed E-state index contributed by atoms with van der Waals surface area (Å²) in [5, 5.41) is 0. The molecule has 0 aliphatic heterocycles. The summed E-state index contributed by atoms with van der Waals surface area (Å²) in [4.78, 5) is 26.3. The number of carbonyl (C=O) groups excluding carboxylic acids is 2. The third-order valence-electron chi connectivity index (χ3n) is 4.13. The van der Waals surface area contributed by atoms with Gasteiger partial charge in [0, 0.05) is 19.3 Å². The second kappa shape index (κ2) is 8.81. The van der Waals surface area contributed by atoms with Gasteiger partial charge < -0.3 is 9.64 Å². The van der Waals surface area contributed by atoms with Crippen molar-refractivity contribution in [3.05, 3.63) is 65.2 Å². The number of sulfone groups is 1. The molecule has 0 saturated heterocycles. The van der Waals surface area contributed by atoms with Crippen molar-refractivity contribution in [1.29, 1.82) is 0 Å². The predicted molar refractivity (Wildman–Crippen MR) is 102 cm³/mol. The fraction of sp³-hybridized carbons (Fsp3) is 0.300. The first-order valence-corrected chi connectivity index (χ1v) is 10.4. The Kier molecular flexibility index (Phi) is 6.74. The summed E-state index contributed by atoms with van der Waals surface area (Å²) in [5.41, 5.74) is 1.70. The fourth-order valence-corrected chi connectivity index (χ4v) is 3.18. The maximum atomic E-state index is 12.4. The van der Waals surface area contributed by atoms with Gasteiger partial charge in [0.1, 0.15) is 0 Å². The monoisotopic (exact) mass is 389 g/mol. The molecular formula is C20H23NO5S. The van der Waals surface area contributed by atoms with Gasteiger partial charge in [0.15, 0.2) is 16.4 Å². The van der Waals surface area contributed by atoms with Crippen LogP contribution >= 0.6 is 0 Å². The highest BCUT2D eigenvalue weighted by Crippen LogP contribution is 2.17. The number of hydrogen-bond donors (Lipinski definition) is 0. The van der Waals surface area contributed by atoms with E-state index in [2.05, 4.69) is 0 Å². The van der Waals surface area contributed by atoms with Crippen molar-refractivity contribution in [2.75, 3.05) is 19.4 Å². The lowest BCUT2D eigenvalue weighted by molar-refractivity contribution is -0.134. The summed E-state index contributed by atoms with van der Waals surface area (Å²) in [6.45, 7) is 4.03. The van der Waals surface area contributed by atoms with Crippen molar-refractivity contribution >= 4 is 21.7 Å². The van der Waals surface area contributed by atoms with Crippen LogP contribution in [0.2, 0.25) is 0 Å².